The molecule has 0 bridgehead atoms. The lowest BCUT2D eigenvalue weighted by molar-refractivity contribution is -0.388. The van der Waals surface area contributed by atoms with Crippen LogP contribution in [0.1, 0.15) is 27.7 Å². The predicted octanol–water partition coefficient (Wildman–Crippen LogP) is -8.70. The summed E-state index contributed by atoms with van der Waals surface area (Å²) in [5, 5.41) is 140. The fourth-order valence-electron chi connectivity index (χ4n) is 7.23. The molecule has 5 saturated heterocycles. The first-order valence-corrected chi connectivity index (χ1v) is 18.2. The fraction of sp³-hybridized carbons (Fsp3) is 0.969. The Balaban J connectivity index is 1.40. The number of rotatable bonds is 11. The fourth-order valence-corrected chi connectivity index (χ4v) is 7.23. The molecule has 1 amide bonds. The molecule has 0 saturated carbocycles. The number of hydrogen-bond donors (Lipinski definition) is 14. The van der Waals surface area contributed by atoms with Crippen LogP contribution < -0.4 is 5.32 Å². The smallest absolute Gasteiger partial charge is 0.217 e. The monoisotopic (exact) mass is 821 g/mol. The molecule has 0 aromatic rings. The molecule has 24 nitrogen and oxygen atoms in total. The van der Waals surface area contributed by atoms with Crippen molar-refractivity contribution in [1.82, 2.24) is 5.32 Å². The van der Waals surface area contributed by atoms with Crippen molar-refractivity contribution in [3.8, 4) is 0 Å². The number of aliphatic hydroxyl groups is 13. The minimum Gasteiger partial charge on any atom is -0.394 e. The van der Waals surface area contributed by atoms with Crippen LogP contribution in [0.4, 0.5) is 0 Å². The van der Waals surface area contributed by atoms with E-state index in [2.05, 4.69) is 5.32 Å². The molecule has 0 aliphatic carbocycles. The quantitative estimate of drug-likeness (QED) is 0.0920. The molecule has 0 radical (unpaired) electrons. The van der Waals surface area contributed by atoms with Gasteiger partial charge in [0.1, 0.15) is 104 Å². The van der Waals surface area contributed by atoms with Crippen molar-refractivity contribution in [1.29, 1.82) is 0 Å². The lowest BCUT2D eigenvalue weighted by Gasteiger charge is -2.50. The van der Waals surface area contributed by atoms with E-state index < -0.39 is 173 Å². The first-order valence-electron chi connectivity index (χ1n) is 18.2. The number of hydrogen-bond acceptors (Lipinski definition) is 23. The summed E-state index contributed by atoms with van der Waals surface area (Å²) in [5.41, 5.74) is 0. The summed E-state index contributed by atoms with van der Waals surface area (Å²) in [6.07, 6.45) is -40.0. The van der Waals surface area contributed by atoms with Gasteiger partial charge in [-0.25, -0.2) is 0 Å². The van der Waals surface area contributed by atoms with Gasteiger partial charge < -0.3 is 114 Å². The molecule has 10 unspecified atom stereocenters. The molecule has 326 valence electrons. The van der Waals surface area contributed by atoms with Crippen LogP contribution >= 0.6 is 0 Å². The van der Waals surface area contributed by atoms with Gasteiger partial charge in [-0.05, 0) is 20.8 Å². The van der Waals surface area contributed by atoms with Gasteiger partial charge in [-0.2, -0.15) is 0 Å². The molecule has 5 aliphatic rings. The van der Waals surface area contributed by atoms with Crippen molar-refractivity contribution in [2.45, 2.75) is 181 Å². The molecule has 14 N–H and O–H groups in total. The first kappa shape index (κ1) is 45.7. The van der Waals surface area contributed by atoms with Gasteiger partial charge in [-0.1, -0.05) is 0 Å². The average molecular weight is 822 g/mol. The van der Waals surface area contributed by atoms with Crippen molar-refractivity contribution in [2.75, 3.05) is 13.2 Å². The third-order valence-electron chi connectivity index (χ3n) is 10.6. The number of ether oxygens (including phenoxy) is 9. The van der Waals surface area contributed by atoms with Crippen molar-refractivity contribution in [3.05, 3.63) is 0 Å². The zero-order chi connectivity index (χ0) is 41.5. The number of nitrogens with one attached hydrogen (secondary N) is 1. The van der Waals surface area contributed by atoms with E-state index in [4.69, 9.17) is 42.6 Å². The van der Waals surface area contributed by atoms with Crippen LogP contribution in [-0.4, -0.2) is 239 Å². The number of aliphatic hydroxyl groups excluding tert-OH is 13. The van der Waals surface area contributed by atoms with Crippen LogP contribution in [-0.2, 0) is 47.4 Å². The molecule has 5 aliphatic heterocycles. The zero-order valence-electron chi connectivity index (χ0n) is 30.7. The van der Waals surface area contributed by atoms with Gasteiger partial charge in [0.2, 0.25) is 5.91 Å². The standard InChI is InChI=1S/C32H55NO23/c1-7-14(37)19(42)21(44)30(49-7)54-25-15(38)9(3)50-32(23(25)46)53-24-13(33-10(4)36)29(51-12(6-35)18(24)41)56-27-26(16(39)8(2)48-28(27)47)55-31-22(45)20(43)17(40)11(5-34)52-31/h7-9,11-32,34-35,37-47H,5-6H2,1-4H3,(H,33,36)/t7?,8?,9?,11-,12?,13-,14+,15+,16+,17-,18+,19-,20?,21?,22?,23?,24?,25-,26-,27?,28-,29+,30+,31-,32+/m1/s1. The minimum atomic E-state index is -1.95. The average Bonchev–Trinajstić information content (AvgIpc) is 3.15. The molecule has 5 rings (SSSR count). The SMILES string of the molecule is CC(=O)N[C@@H]1C(O[C@@H]2OC(C)[C@H](O)[C@@H](O[C@@H]3OC(C)[C@H](O)[C@@H](O)C3O)C2O)[C@@H](O)C(CO)O[C@H]1OC1[C@H](O)OC(C)[C@H](O)[C@H]1O[C@H]1O[C@H](CO)[C@@H](O)C(O)C1O. The Morgan fingerprint density at radius 1 is 0.464 bits per heavy atom. The van der Waals surface area contributed by atoms with E-state index in [-0.39, 0.29) is 0 Å². The molecule has 5 heterocycles. The highest BCUT2D eigenvalue weighted by molar-refractivity contribution is 5.73. The molecule has 24 heteroatoms. The Morgan fingerprint density at radius 3 is 1.48 bits per heavy atom. The van der Waals surface area contributed by atoms with E-state index in [0.717, 1.165) is 6.92 Å². The largest absolute Gasteiger partial charge is 0.394 e. The van der Waals surface area contributed by atoms with Crippen LogP contribution in [0.25, 0.3) is 0 Å². The van der Waals surface area contributed by atoms with Crippen LogP contribution in [0, 0.1) is 0 Å². The Bertz CT molecular complexity index is 1270. The maximum atomic E-state index is 12.6. The highest BCUT2D eigenvalue weighted by Gasteiger charge is 2.56. The summed E-state index contributed by atoms with van der Waals surface area (Å²) in [6.45, 7) is 3.46. The second kappa shape index (κ2) is 18.9. The van der Waals surface area contributed by atoms with E-state index in [1.807, 2.05) is 0 Å². The summed E-state index contributed by atoms with van der Waals surface area (Å²) in [4.78, 5) is 12.6. The maximum absolute atomic E-state index is 12.6. The van der Waals surface area contributed by atoms with E-state index in [0.29, 0.717) is 0 Å². The third kappa shape index (κ3) is 9.31. The molecule has 0 aromatic carbocycles. The lowest BCUT2D eigenvalue weighted by Crippen LogP contribution is -2.70. The lowest BCUT2D eigenvalue weighted by atomic mass is 9.94. The van der Waals surface area contributed by atoms with E-state index in [1.165, 1.54) is 20.8 Å². The van der Waals surface area contributed by atoms with Crippen molar-refractivity contribution < 1.29 is 114 Å². The van der Waals surface area contributed by atoms with Gasteiger partial charge in [-0.15, -0.1) is 0 Å². The Hall–Kier alpha value is -1.41. The first-order chi connectivity index (χ1) is 26.3. The van der Waals surface area contributed by atoms with E-state index in [1.54, 1.807) is 0 Å². The molecular formula is C32H55NO23. The Labute approximate surface area is 319 Å². The van der Waals surface area contributed by atoms with E-state index >= 15 is 0 Å². The number of carbonyl (C=O) groups is 1. The van der Waals surface area contributed by atoms with Gasteiger partial charge in [-0.3, -0.25) is 4.79 Å². The van der Waals surface area contributed by atoms with Crippen molar-refractivity contribution >= 4 is 5.91 Å². The number of amides is 1. The van der Waals surface area contributed by atoms with Crippen molar-refractivity contribution in [2.24, 2.45) is 0 Å². The molecule has 0 aromatic heterocycles. The summed E-state index contributed by atoms with van der Waals surface area (Å²) in [6, 6.07) is -1.61. The maximum Gasteiger partial charge on any atom is 0.217 e. The van der Waals surface area contributed by atoms with Gasteiger partial charge >= 0.3 is 0 Å². The summed E-state index contributed by atoms with van der Waals surface area (Å²) in [5.74, 6) is -0.757. The predicted molar refractivity (Wildman–Crippen MR) is 174 cm³/mol. The summed E-state index contributed by atoms with van der Waals surface area (Å²) >= 11 is 0. The summed E-state index contributed by atoms with van der Waals surface area (Å²) < 4.78 is 51.3. The third-order valence-corrected chi connectivity index (χ3v) is 10.6. The van der Waals surface area contributed by atoms with Crippen LogP contribution in [0.2, 0.25) is 0 Å². The van der Waals surface area contributed by atoms with E-state index in [9.17, 15) is 71.2 Å². The van der Waals surface area contributed by atoms with Crippen LogP contribution in [0.3, 0.4) is 0 Å². The number of carbonyl (C=O) groups excluding carboxylic acids is 1. The van der Waals surface area contributed by atoms with Crippen molar-refractivity contribution in [3.63, 3.8) is 0 Å². The molecule has 5 fully saturated rings. The van der Waals surface area contributed by atoms with Gasteiger partial charge in [0.05, 0.1) is 31.5 Å². The zero-order valence-corrected chi connectivity index (χ0v) is 30.7. The molecular weight excluding hydrogens is 766 g/mol. The van der Waals surface area contributed by atoms with Gasteiger partial charge in [0.25, 0.3) is 0 Å². The molecule has 25 atom stereocenters. The van der Waals surface area contributed by atoms with Crippen LogP contribution in [0.5, 0.6) is 0 Å². The Morgan fingerprint density at radius 2 is 0.893 bits per heavy atom. The second-order valence-corrected chi connectivity index (χ2v) is 14.6. The summed E-state index contributed by atoms with van der Waals surface area (Å²) in [7, 11) is 0. The normalized spacial score (nSPS) is 53.1. The highest BCUT2D eigenvalue weighted by Crippen LogP contribution is 2.36. The van der Waals surface area contributed by atoms with Gasteiger partial charge in [0.15, 0.2) is 31.5 Å². The molecule has 56 heavy (non-hydrogen) atoms. The second-order valence-electron chi connectivity index (χ2n) is 14.6. The Kier molecular flexibility index (Phi) is 15.4. The van der Waals surface area contributed by atoms with Crippen LogP contribution in [0.15, 0.2) is 0 Å². The van der Waals surface area contributed by atoms with Gasteiger partial charge in [0, 0.05) is 6.92 Å². The minimum absolute atomic E-state index is 0.757. The topological polar surface area (TPSA) is 375 Å². The molecule has 0 spiro atoms. The highest BCUT2D eigenvalue weighted by atomic mass is 16.8.